The lowest BCUT2D eigenvalue weighted by molar-refractivity contribution is 1.09. The van der Waals surface area contributed by atoms with Crippen molar-refractivity contribution >= 4 is 97.5 Å². The van der Waals surface area contributed by atoms with Crippen LogP contribution >= 0.6 is 0 Å². The topological polar surface area (TPSA) is 30.7 Å². The minimum atomic E-state index is 0.811. The number of fused-ring (bicyclic) bond motifs is 16. The van der Waals surface area contributed by atoms with Gasteiger partial charge >= 0.3 is 0 Å². The molecule has 0 radical (unpaired) electrons. The highest BCUT2D eigenvalue weighted by atomic mass is 15.1. The molecule has 0 unspecified atom stereocenters. The fourth-order valence-corrected chi connectivity index (χ4v) is 9.97. The van der Waals surface area contributed by atoms with Gasteiger partial charge in [0.1, 0.15) is 5.69 Å². The van der Waals surface area contributed by atoms with Crippen LogP contribution < -0.4 is 0 Å². The quantitative estimate of drug-likeness (QED) is 0.169. The summed E-state index contributed by atoms with van der Waals surface area (Å²) in [6, 6.07) is 72.5. The molecule has 2 aromatic heterocycles. The molecule has 0 aliphatic carbocycles. The molecule has 3 heteroatoms. The lowest BCUT2D eigenvalue weighted by atomic mass is 9.91. The minimum absolute atomic E-state index is 0.811. The lowest BCUT2D eigenvalue weighted by Crippen LogP contribution is -2.05. The normalized spacial score (nSPS) is 12.1. The SMILES string of the molecule is c1ccc(-c2ccc(-c3nc4c(ccc5ccccc54)nc3-n3c4ccc5c6ccccc6c6ccccc6c5c4c4ccc5ccccc5c43)c3ccccc23)cc1. The molecule has 3 nitrogen and oxygen atoms in total. The van der Waals surface area contributed by atoms with Gasteiger partial charge in [-0.25, -0.2) is 9.97 Å². The van der Waals surface area contributed by atoms with Crippen LogP contribution in [0.3, 0.4) is 0 Å². The van der Waals surface area contributed by atoms with Crippen LogP contribution in [0.15, 0.2) is 200 Å². The minimum Gasteiger partial charge on any atom is -0.291 e. The van der Waals surface area contributed by atoms with E-state index in [0.29, 0.717) is 0 Å². The van der Waals surface area contributed by atoms with E-state index in [9.17, 15) is 0 Å². The third-order valence-corrected chi connectivity index (χ3v) is 12.5. The van der Waals surface area contributed by atoms with E-state index < -0.39 is 0 Å². The van der Waals surface area contributed by atoms with Crippen LogP contribution in [0.1, 0.15) is 0 Å². The van der Waals surface area contributed by atoms with Crippen LogP contribution in [0.2, 0.25) is 0 Å². The molecule has 0 aliphatic rings. The monoisotopic (exact) mass is 747 g/mol. The Balaban J connectivity index is 1.25. The van der Waals surface area contributed by atoms with E-state index in [4.69, 9.17) is 9.97 Å². The molecule has 13 aromatic rings. The van der Waals surface area contributed by atoms with Crippen molar-refractivity contribution in [1.82, 2.24) is 14.5 Å². The molecule has 13 rings (SSSR count). The summed E-state index contributed by atoms with van der Waals surface area (Å²) in [7, 11) is 0. The fraction of sp³-hybridized carbons (Fsp3) is 0. The summed E-state index contributed by atoms with van der Waals surface area (Å²) in [6.07, 6.45) is 0. The maximum atomic E-state index is 5.75. The van der Waals surface area contributed by atoms with Gasteiger partial charge in [0.25, 0.3) is 0 Å². The van der Waals surface area contributed by atoms with Crippen molar-refractivity contribution in [1.29, 1.82) is 0 Å². The van der Waals surface area contributed by atoms with Crippen molar-refractivity contribution in [2.45, 2.75) is 0 Å². The Hall–Kier alpha value is -7.88. The zero-order valence-electron chi connectivity index (χ0n) is 31.9. The Morgan fingerprint density at radius 3 is 1.59 bits per heavy atom. The van der Waals surface area contributed by atoms with Crippen molar-refractivity contribution < 1.29 is 0 Å². The maximum Gasteiger partial charge on any atom is 0.165 e. The van der Waals surface area contributed by atoms with Gasteiger partial charge in [-0.3, -0.25) is 4.57 Å². The molecule has 11 aromatic carbocycles. The summed E-state index contributed by atoms with van der Waals surface area (Å²) in [5.74, 6) is 0.811. The van der Waals surface area contributed by atoms with E-state index in [1.165, 1.54) is 70.4 Å². The predicted molar refractivity (Wildman–Crippen MR) is 250 cm³/mol. The van der Waals surface area contributed by atoms with Gasteiger partial charge in [-0.2, -0.15) is 0 Å². The van der Waals surface area contributed by atoms with Gasteiger partial charge < -0.3 is 0 Å². The Kier molecular flexibility index (Phi) is 6.72. The Bertz CT molecular complexity index is 3860. The molecule has 0 saturated heterocycles. The third kappa shape index (κ3) is 4.58. The second-order valence-electron chi connectivity index (χ2n) is 15.6. The van der Waals surface area contributed by atoms with E-state index in [2.05, 4.69) is 205 Å². The van der Waals surface area contributed by atoms with Crippen LogP contribution in [0.4, 0.5) is 0 Å². The van der Waals surface area contributed by atoms with Gasteiger partial charge in [0, 0.05) is 32.5 Å². The molecule has 59 heavy (non-hydrogen) atoms. The highest BCUT2D eigenvalue weighted by molar-refractivity contribution is 6.36. The fourth-order valence-electron chi connectivity index (χ4n) is 9.97. The summed E-state index contributed by atoms with van der Waals surface area (Å²) in [5, 5.41) is 16.9. The van der Waals surface area contributed by atoms with Crippen molar-refractivity contribution in [3.63, 3.8) is 0 Å². The molecule has 0 bridgehead atoms. The first-order chi connectivity index (χ1) is 29.3. The molecule has 0 fully saturated rings. The standard InChI is InChI=1S/C56H33N3/c1-2-14-34(15-3-1)37-29-30-47(44-24-11-8-20-40(37)44)54-56(57-49-32-27-35-16-4-6-18-38(35)53(49)58-54)59-50-33-31-46-43-23-10-9-21-41(43)42-22-12-13-25-45(42)51(46)52(50)48-28-26-36-17-5-7-19-39(36)55(48)59/h1-33H. The van der Waals surface area contributed by atoms with Crippen LogP contribution in [0, 0.1) is 0 Å². The average molecular weight is 748 g/mol. The summed E-state index contributed by atoms with van der Waals surface area (Å²) >= 11 is 0. The maximum absolute atomic E-state index is 5.75. The molecule has 0 saturated carbocycles. The molecule has 0 spiro atoms. The summed E-state index contributed by atoms with van der Waals surface area (Å²) < 4.78 is 2.42. The lowest BCUT2D eigenvalue weighted by Gasteiger charge is -2.18. The number of aromatic nitrogens is 3. The summed E-state index contributed by atoms with van der Waals surface area (Å²) in [4.78, 5) is 11.5. The molecule has 0 N–H and O–H groups in total. The van der Waals surface area contributed by atoms with Gasteiger partial charge in [0.05, 0.1) is 22.1 Å². The van der Waals surface area contributed by atoms with E-state index >= 15 is 0 Å². The largest absolute Gasteiger partial charge is 0.291 e. The van der Waals surface area contributed by atoms with Crippen molar-refractivity contribution in [2.75, 3.05) is 0 Å². The van der Waals surface area contributed by atoms with Crippen LogP contribution in [0.25, 0.3) is 126 Å². The van der Waals surface area contributed by atoms with Crippen molar-refractivity contribution in [3.8, 4) is 28.2 Å². The van der Waals surface area contributed by atoms with E-state index in [0.717, 1.165) is 55.3 Å². The Labute approximate surface area is 339 Å². The van der Waals surface area contributed by atoms with Crippen LogP contribution in [0.5, 0.6) is 0 Å². The molecule has 0 amide bonds. The van der Waals surface area contributed by atoms with Gasteiger partial charge in [-0.1, -0.05) is 188 Å². The van der Waals surface area contributed by atoms with Crippen LogP contribution in [-0.2, 0) is 0 Å². The molecule has 0 aliphatic heterocycles. The first-order valence-electron chi connectivity index (χ1n) is 20.3. The second kappa shape index (κ2) is 12.3. The van der Waals surface area contributed by atoms with Gasteiger partial charge in [-0.15, -0.1) is 0 Å². The summed E-state index contributed by atoms with van der Waals surface area (Å²) in [5.41, 5.74) is 8.26. The van der Waals surface area contributed by atoms with E-state index in [-0.39, 0.29) is 0 Å². The zero-order chi connectivity index (χ0) is 38.6. The van der Waals surface area contributed by atoms with E-state index in [1.807, 2.05) is 0 Å². The summed E-state index contributed by atoms with van der Waals surface area (Å²) in [6.45, 7) is 0. The highest BCUT2D eigenvalue weighted by Crippen LogP contribution is 2.46. The highest BCUT2D eigenvalue weighted by Gasteiger charge is 2.25. The first kappa shape index (κ1) is 32.2. The van der Waals surface area contributed by atoms with Crippen LogP contribution in [-0.4, -0.2) is 14.5 Å². The van der Waals surface area contributed by atoms with Crippen molar-refractivity contribution in [2.24, 2.45) is 0 Å². The molecule has 2 heterocycles. The zero-order valence-corrected chi connectivity index (χ0v) is 31.9. The van der Waals surface area contributed by atoms with Gasteiger partial charge in [-0.05, 0) is 71.7 Å². The Morgan fingerprint density at radius 1 is 0.322 bits per heavy atom. The van der Waals surface area contributed by atoms with Gasteiger partial charge in [0.2, 0.25) is 0 Å². The molecule has 272 valence electrons. The molecule has 0 atom stereocenters. The number of rotatable bonds is 3. The number of nitrogens with zero attached hydrogens (tertiary/aromatic N) is 3. The molecular weight excluding hydrogens is 715 g/mol. The molecular formula is C56H33N3. The van der Waals surface area contributed by atoms with E-state index in [1.54, 1.807) is 0 Å². The average Bonchev–Trinajstić information content (AvgIpc) is 3.66. The first-order valence-corrected chi connectivity index (χ1v) is 20.3. The van der Waals surface area contributed by atoms with Crippen molar-refractivity contribution in [3.05, 3.63) is 200 Å². The second-order valence-corrected chi connectivity index (χ2v) is 15.6. The smallest absolute Gasteiger partial charge is 0.165 e. The number of hydrogen-bond acceptors (Lipinski definition) is 2. The predicted octanol–water partition coefficient (Wildman–Crippen LogP) is 15.0. The third-order valence-electron chi connectivity index (χ3n) is 12.5. The number of hydrogen-bond donors (Lipinski definition) is 0. The van der Waals surface area contributed by atoms with Gasteiger partial charge in [0.15, 0.2) is 5.82 Å². The number of benzene rings is 11. The Morgan fingerprint density at radius 2 is 0.847 bits per heavy atom.